The van der Waals surface area contributed by atoms with Crippen LogP contribution < -0.4 is 4.90 Å². The van der Waals surface area contributed by atoms with Gasteiger partial charge in [-0.25, -0.2) is 9.50 Å². The highest BCUT2D eigenvalue weighted by molar-refractivity contribution is 5.47. The van der Waals surface area contributed by atoms with Gasteiger partial charge in [-0.05, 0) is 24.8 Å². The fourth-order valence-corrected chi connectivity index (χ4v) is 2.38. The van der Waals surface area contributed by atoms with Gasteiger partial charge in [-0.3, -0.25) is 0 Å². The Labute approximate surface area is 94.9 Å². The SMILES string of the molecule is CC1CCCN(c2ccn3nccc3n2)C1. The Balaban J connectivity index is 1.92. The monoisotopic (exact) mass is 216 g/mol. The molecule has 0 N–H and O–H groups in total. The molecule has 4 heteroatoms. The highest BCUT2D eigenvalue weighted by Gasteiger charge is 2.17. The third kappa shape index (κ3) is 1.64. The smallest absolute Gasteiger partial charge is 0.157 e. The zero-order valence-electron chi connectivity index (χ0n) is 9.50. The average Bonchev–Trinajstić information content (AvgIpc) is 2.75. The lowest BCUT2D eigenvalue weighted by Crippen LogP contribution is -2.34. The van der Waals surface area contributed by atoms with Gasteiger partial charge in [0.15, 0.2) is 5.65 Å². The normalized spacial score (nSPS) is 21.6. The van der Waals surface area contributed by atoms with E-state index in [0.29, 0.717) is 0 Å². The Morgan fingerprint density at radius 1 is 1.38 bits per heavy atom. The van der Waals surface area contributed by atoms with Gasteiger partial charge in [-0.1, -0.05) is 6.92 Å². The summed E-state index contributed by atoms with van der Waals surface area (Å²) in [5.41, 5.74) is 0.927. The van der Waals surface area contributed by atoms with Crippen molar-refractivity contribution in [1.29, 1.82) is 0 Å². The molecule has 4 nitrogen and oxygen atoms in total. The number of hydrogen-bond donors (Lipinski definition) is 0. The van der Waals surface area contributed by atoms with Crippen LogP contribution in [0.2, 0.25) is 0 Å². The first kappa shape index (κ1) is 9.63. The molecule has 3 rings (SSSR count). The molecule has 16 heavy (non-hydrogen) atoms. The van der Waals surface area contributed by atoms with Crippen LogP contribution in [0.4, 0.5) is 5.82 Å². The minimum absolute atomic E-state index is 0.775. The molecular weight excluding hydrogens is 200 g/mol. The number of nitrogens with zero attached hydrogens (tertiary/aromatic N) is 4. The molecule has 1 aliphatic rings. The molecule has 0 spiro atoms. The number of aromatic nitrogens is 3. The van der Waals surface area contributed by atoms with Crippen LogP contribution in [0.25, 0.3) is 5.65 Å². The molecule has 3 heterocycles. The maximum atomic E-state index is 4.62. The van der Waals surface area contributed by atoms with Crippen molar-refractivity contribution >= 4 is 11.5 Å². The highest BCUT2D eigenvalue weighted by atomic mass is 15.3. The van der Waals surface area contributed by atoms with E-state index in [1.54, 1.807) is 10.7 Å². The predicted molar refractivity (Wildman–Crippen MR) is 63.6 cm³/mol. The molecule has 2 aromatic heterocycles. The first-order chi connectivity index (χ1) is 7.83. The largest absolute Gasteiger partial charge is 0.356 e. The highest BCUT2D eigenvalue weighted by Crippen LogP contribution is 2.21. The van der Waals surface area contributed by atoms with Crippen molar-refractivity contribution in [2.75, 3.05) is 18.0 Å². The third-order valence-electron chi connectivity index (χ3n) is 3.22. The zero-order chi connectivity index (χ0) is 11.0. The van der Waals surface area contributed by atoms with Crippen LogP contribution >= 0.6 is 0 Å². The van der Waals surface area contributed by atoms with Crippen molar-refractivity contribution in [2.45, 2.75) is 19.8 Å². The number of hydrogen-bond acceptors (Lipinski definition) is 3. The van der Waals surface area contributed by atoms with E-state index in [2.05, 4.69) is 28.0 Å². The Kier molecular flexibility index (Phi) is 2.27. The van der Waals surface area contributed by atoms with Gasteiger partial charge in [0.2, 0.25) is 0 Å². The molecule has 0 radical (unpaired) electrons. The summed E-state index contributed by atoms with van der Waals surface area (Å²) < 4.78 is 1.80. The van der Waals surface area contributed by atoms with Crippen molar-refractivity contribution in [3.8, 4) is 0 Å². The van der Waals surface area contributed by atoms with Gasteiger partial charge in [-0.15, -0.1) is 0 Å². The summed E-state index contributed by atoms with van der Waals surface area (Å²) in [6, 6.07) is 3.99. The van der Waals surface area contributed by atoms with Crippen LogP contribution in [0.3, 0.4) is 0 Å². The van der Waals surface area contributed by atoms with E-state index in [1.165, 1.54) is 12.8 Å². The van der Waals surface area contributed by atoms with Crippen LogP contribution in [0.1, 0.15) is 19.8 Å². The summed E-state index contributed by atoms with van der Waals surface area (Å²) >= 11 is 0. The summed E-state index contributed by atoms with van der Waals surface area (Å²) in [5.74, 6) is 1.86. The lowest BCUT2D eigenvalue weighted by Gasteiger charge is -2.31. The second-order valence-corrected chi connectivity index (χ2v) is 4.61. The summed E-state index contributed by atoms with van der Waals surface area (Å²) in [7, 11) is 0. The molecule has 0 saturated carbocycles. The maximum Gasteiger partial charge on any atom is 0.157 e. The summed E-state index contributed by atoms with van der Waals surface area (Å²) in [6.07, 6.45) is 6.38. The zero-order valence-corrected chi connectivity index (χ0v) is 9.50. The molecule has 0 bridgehead atoms. The fourth-order valence-electron chi connectivity index (χ4n) is 2.38. The predicted octanol–water partition coefficient (Wildman–Crippen LogP) is 1.97. The third-order valence-corrected chi connectivity index (χ3v) is 3.22. The number of piperidine rings is 1. The molecule has 84 valence electrons. The summed E-state index contributed by atoms with van der Waals surface area (Å²) in [5, 5.41) is 4.16. The average molecular weight is 216 g/mol. The minimum Gasteiger partial charge on any atom is -0.356 e. The maximum absolute atomic E-state index is 4.62. The molecule has 1 fully saturated rings. The molecule has 1 aliphatic heterocycles. The van der Waals surface area contributed by atoms with E-state index < -0.39 is 0 Å². The Morgan fingerprint density at radius 3 is 3.19 bits per heavy atom. The van der Waals surface area contributed by atoms with E-state index in [9.17, 15) is 0 Å². The second kappa shape index (κ2) is 3.77. The van der Waals surface area contributed by atoms with Crippen LogP contribution in [-0.2, 0) is 0 Å². The van der Waals surface area contributed by atoms with Crippen molar-refractivity contribution in [1.82, 2.24) is 14.6 Å². The number of fused-ring (bicyclic) bond motifs is 1. The van der Waals surface area contributed by atoms with Gasteiger partial charge in [0.25, 0.3) is 0 Å². The fraction of sp³-hybridized carbons (Fsp3) is 0.500. The van der Waals surface area contributed by atoms with E-state index in [1.807, 2.05) is 12.3 Å². The van der Waals surface area contributed by atoms with Crippen molar-refractivity contribution in [3.05, 3.63) is 24.5 Å². The Hall–Kier alpha value is -1.58. The number of rotatable bonds is 1. The molecule has 1 atom stereocenters. The van der Waals surface area contributed by atoms with E-state index in [4.69, 9.17) is 0 Å². The second-order valence-electron chi connectivity index (χ2n) is 4.61. The lowest BCUT2D eigenvalue weighted by molar-refractivity contribution is 0.444. The topological polar surface area (TPSA) is 33.4 Å². The van der Waals surface area contributed by atoms with Gasteiger partial charge >= 0.3 is 0 Å². The molecule has 0 aromatic carbocycles. The molecule has 0 amide bonds. The van der Waals surface area contributed by atoms with Crippen molar-refractivity contribution < 1.29 is 0 Å². The van der Waals surface area contributed by atoms with E-state index in [-0.39, 0.29) is 0 Å². The van der Waals surface area contributed by atoms with E-state index >= 15 is 0 Å². The first-order valence-electron chi connectivity index (χ1n) is 5.88. The Morgan fingerprint density at radius 2 is 2.31 bits per heavy atom. The van der Waals surface area contributed by atoms with Crippen molar-refractivity contribution in [3.63, 3.8) is 0 Å². The Bertz CT molecular complexity index is 490. The molecule has 1 unspecified atom stereocenters. The van der Waals surface area contributed by atoms with Gasteiger partial charge in [0.1, 0.15) is 5.82 Å². The van der Waals surface area contributed by atoms with Gasteiger partial charge in [0.05, 0.1) is 6.20 Å². The van der Waals surface area contributed by atoms with Gasteiger partial charge in [-0.2, -0.15) is 5.10 Å². The van der Waals surface area contributed by atoms with Crippen LogP contribution in [0.5, 0.6) is 0 Å². The quantitative estimate of drug-likeness (QED) is 0.730. The molecule has 2 aromatic rings. The van der Waals surface area contributed by atoms with Gasteiger partial charge < -0.3 is 4.90 Å². The number of anilines is 1. The molecule has 1 saturated heterocycles. The van der Waals surface area contributed by atoms with Crippen LogP contribution in [0, 0.1) is 5.92 Å². The van der Waals surface area contributed by atoms with Crippen LogP contribution in [-0.4, -0.2) is 27.7 Å². The molecule has 0 aliphatic carbocycles. The summed E-state index contributed by atoms with van der Waals surface area (Å²) in [4.78, 5) is 7.00. The standard InChI is InChI=1S/C12H16N4/c1-10-3-2-7-15(9-10)11-5-8-16-12(14-11)4-6-13-16/h4-6,8,10H,2-3,7,9H2,1H3. The van der Waals surface area contributed by atoms with Crippen molar-refractivity contribution in [2.24, 2.45) is 5.92 Å². The lowest BCUT2D eigenvalue weighted by atomic mass is 10.0. The van der Waals surface area contributed by atoms with Gasteiger partial charge in [0, 0.05) is 25.4 Å². The van der Waals surface area contributed by atoms with E-state index in [0.717, 1.165) is 30.5 Å². The first-order valence-corrected chi connectivity index (χ1v) is 5.88. The summed E-state index contributed by atoms with van der Waals surface area (Å²) in [6.45, 7) is 4.56. The molecular formula is C12H16N4. The van der Waals surface area contributed by atoms with Crippen LogP contribution in [0.15, 0.2) is 24.5 Å². The minimum atomic E-state index is 0.775.